The predicted molar refractivity (Wildman–Crippen MR) is 332 cm³/mol. The molecule has 0 bridgehead atoms. The number of esters is 2. The molecular weight excluding hydrogens is 990 g/mol. The van der Waals surface area contributed by atoms with Crippen LogP contribution in [0.1, 0.15) is 219 Å². The number of hydrogen-bond acceptors (Lipinski definition) is 8. The molecule has 0 aliphatic rings. The molecule has 0 fully saturated rings. The molecule has 0 aromatic rings. The van der Waals surface area contributed by atoms with E-state index in [1.54, 1.807) is 0 Å². The lowest BCUT2D eigenvalue weighted by Gasteiger charge is -2.28. The molecule has 0 radical (unpaired) electrons. The van der Waals surface area contributed by atoms with Gasteiger partial charge in [0.15, 0.2) is 6.10 Å². The van der Waals surface area contributed by atoms with Gasteiger partial charge in [0.05, 0.1) is 27.7 Å². The highest BCUT2D eigenvalue weighted by Gasteiger charge is 2.22. The first-order valence-corrected chi connectivity index (χ1v) is 32.0. The van der Waals surface area contributed by atoms with Crippen molar-refractivity contribution in [2.24, 2.45) is 0 Å². The summed E-state index contributed by atoms with van der Waals surface area (Å²) in [5, 5.41) is 0. The van der Waals surface area contributed by atoms with Gasteiger partial charge in [-0.05, 0) is 116 Å². The van der Waals surface area contributed by atoms with E-state index in [1.165, 1.54) is 51.4 Å². The molecule has 0 aromatic heterocycles. The Kier molecular flexibility index (Phi) is 54.5. The lowest BCUT2D eigenvalue weighted by Crippen LogP contribution is -2.37. The fraction of sp³-hybridized carbons (Fsp3) is 0.618. The monoisotopic (exact) mass is 1100 g/mol. The highest BCUT2D eigenvalue weighted by molar-refractivity contribution is 7.45. The number of nitrogens with zero attached hydrogens (tertiary/aromatic N) is 1. The Morgan fingerprint density at radius 3 is 1.03 bits per heavy atom. The van der Waals surface area contributed by atoms with E-state index in [0.717, 1.165) is 128 Å². The molecule has 0 N–H and O–H groups in total. The summed E-state index contributed by atoms with van der Waals surface area (Å²) in [6, 6.07) is 0. The Hall–Kier alpha value is -4.11. The van der Waals surface area contributed by atoms with Gasteiger partial charge in [0.25, 0.3) is 7.82 Å². The summed E-state index contributed by atoms with van der Waals surface area (Å²) < 4.78 is 34.2. The lowest BCUT2D eigenvalue weighted by molar-refractivity contribution is -0.870. The Labute approximate surface area is 478 Å². The van der Waals surface area contributed by atoms with Crippen molar-refractivity contribution in [1.82, 2.24) is 0 Å². The second kappa shape index (κ2) is 57.6. The van der Waals surface area contributed by atoms with Crippen molar-refractivity contribution in [1.29, 1.82) is 0 Å². The van der Waals surface area contributed by atoms with Gasteiger partial charge in [0.2, 0.25) is 0 Å². The van der Waals surface area contributed by atoms with E-state index >= 15 is 0 Å². The highest BCUT2D eigenvalue weighted by atomic mass is 31.2. The molecule has 0 aliphatic carbocycles. The van der Waals surface area contributed by atoms with Gasteiger partial charge in [-0.1, -0.05) is 237 Å². The molecule has 0 aromatic carbocycles. The van der Waals surface area contributed by atoms with Crippen LogP contribution >= 0.6 is 7.82 Å². The number of carbonyl (C=O) groups is 2. The summed E-state index contributed by atoms with van der Waals surface area (Å²) in [7, 11) is 1.13. The molecule has 9 nitrogen and oxygen atoms in total. The molecule has 0 spiro atoms. The van der Waals surface area contributed by atoms with Crippen LogP contribution in [0.5, 0.6) is 0 Å². The zero-order chi connectivity index (χ0) is 57.0. The predicted octanol–water partition coefficient (Wildman–Crippen LogP) is 18.8. The Bertz CT molecular complexity index is 1820. The zero-order valence-corrected chi connectivity index (χ0v) is 50.9. The van der Waals surface area contributed by atoms with Gasteiger partial charge in [-0.2, -0.15) is 0 Å². The summed E-state index contributed by atoms with van der Waals surface area (Å²) in [5.41, 5.74) is 0. The number of hydrogen-bond donors (Lipinski definition) is 0. The van der Waals surface area contributed by atoms with Crippen LogP contribution in [0.2, 0.25) is 0 Å². The topological polar surface area (TPSA) is 111 Å². The number of allylic oxidation sites excluding steroid dienone is 24. The Balaban J connectivity index is 4.21. The number of carbonyl (C=O) groups excluding carboxylic acids is 2. The number of quaternary nitrogens is 1. The molecule has 0 saturated heterocycles. The molecule has 10 heteroatoms. The lowest BCUT2D eigenvalue weighted by atomic mass is 10.1. The number of ether oxygens (including phenoxy) is 2. The third-order valence-electron chi connectivity index (χ3n) is 12.4. The average Bonchev–Trinajstić information content (AvgIpc) is 3.41. The molecule has 2 unspecified atom stereocenters. The molecule has 442 valence electrons. The largest absolute Gasteiger partial charge is 0.756 e. The van der Waals surface area contributed by atoms with Gasteiger partial charge < -0.3 is 27.9 Å². The van der Waals surface area contributed by atoms with Crippen LogP contribution in [-0.4, -0.2) is 70.0 Å². The molecule has 78 heavy (non-hydrogen) atoms. The minimum absolute atomic E-state index is 0.0422. The summed E-state index contributed by atoms with van der Waals surface area (Å²) in [6.07, 6.45) is 84.6. The van der Waals surface area contributed by atoms with Crippen LogP contribution in [0, 0.1) is 0 Å². The van der Waals surface area contributed by atoms with Gasteiger partial charge in [-0.15, -0.1) is 0 Å². The van der Waals surface area contributed by atoms with E-state index in [-0.39, 0.29) is 26.1 Å². The maximum atomic E-state index is 12.8. The molecule has 0 saturated carbocycles. The molecule has 0 heterocycles. The highest BCUT2D eigenvalue weighted by Crippen LogP contribution is 2.38. The van der Waals surface area contributed by atoms with Gasteiger partial charge in [0.1, 0.15) is 19.8 Å². The van der Waals surface area contributed by atoms with Crippen molar-refractivity contribution in [2.45, 2.75) is 225 Å². The summed E-state index contributed by atoms with van der Waals surface area (Å²) in [4.78, 5) is 37.9. The van der Waals surface area contributed by atoms with E-state index < -0.39 is 32.5 Å². The van der Waals surface area contributed by atoms with E-state index in [9.17, 15) is 19.0 Å². The van der Waals surface area contributed by atoms with Crippen molar-refractivity contribution < 1.29 is 42.1 Å². The Morgan fingerprint density at radius 2 is 0.692 bits per heavy atom. The van der Waals surface area contributed by atoms with Crippen molar-refractivity contribution in [3.63, 3.8) is 0 Å². The Morgan fingerprint density at radius 1 is 0.397 bits per heavy atom. The van der Waals surface area contributed by atoms with E-state index in [0.29, 0.717) is 23.9 Å². The van der Waals surface area contributed by atoms with Gasteiger partial charge >= 0.3 is 11.9 Å². The van der Waals surface area contributed by atoms with Crippen LogP contribution in [0.3, 0.4) is 0 Å². The maximum absolute atomic E-state index is 12.8. The molecule has 0 rings (SSSR count). The third-order valence-corrected chi connectivity index (χ3v) is 13.3. The normalized spacial score (nSPS) is 14.3. The second-order valence-corrected chi connectivity index (χ2v) is 22.4. The third kappa shape index (κ3) is 61.1. The van der Waals surface area contributed by atoms with E-state index in [1.807, 2.05) is 21.1 Å². The number of unbranched alkanes of at least 4 members (excludes halogenated alkanes) is 16. The van der Waals surface area contributed by atoms with Crippen LogP contribution in [0.25, 0.3) is 0 Å². The van der Waals surface area contributed by atoms with E-state index in [4.69, 9.17) is 18.5 Å². The first kappa shape index (κ1) is 73.9. The summed E-state index contributed by atoms with van der Waals surface area (Å²) in [6.45, 7) is 3.98. The quantitative estimate of drug-likeness (QED) is 0.0195. The van der Waals surface area contributed by atoms with Crippen LogP contribution in [0.4, 0.5) is 0 Å². The minimum atomic E-state index is -4.65. The van der Waals surface area contributed by atoms with Crippen molar-refractivity contribution in [2.75, 3.05) is 47.5 Å². The minimum Gasteiger partial charge on any atom is -0.756 e. The van der Waals surface area contributed by atoms with Gasteiger partial charge in [-0.25, -0.2) is 0 Å². The molecular formula is C68H112NO8P. The standard InChI is InChI=1S/C68H112NO8P/c1-6-8-10-12-14-16-18-20-22-24-26-28-29-30-31-32-33-34-35-36-37-38-39-41-43-45-47-49-51-53-55-57-59-61-68(71)77-66(65-76-78(72,73)75-63-62-69(3,4)5)64-74-67(70)60-58-56-54-52-50-48-46-44-42-40-27-25-23-21-19-17-15-13-11-9-7-2/h8-11,14-17,20-23,26-28,30-31,33-34,36-37,39-41,66H,6-7,12-13,18-19,24-25,29,32,35,38,42-65H2,1-5H3/b10-8-,11-9-,16-14-,17-15-,22-20-,23-21-,28-26-,31-30-,34-33-,37-36-,40-27-,41-39-. The number of phosphoric ester groups is 1. The van der Waals surface area contributed by atoms with E-state index in [2.05, 4.69) is 160 Å². The fourth-order valence-electron chi connectivity index (χ4n) is 7.72. The van der Waals surface area contributed by atoms with Gasteiger partial charge in [0, 0.05) is 12.8 Å². The smallest absolute Gasteiger partial charge is 0.306 e. The van der Waals surface area contributed by atoms with Crippen molar-refractivity contribution >= 4 is 19.8 Å². The first-order valence-electron chi connectivity index (χ1n) is 30.5. The number of likely N-dealkylation sites (N-methyl/N-ethyl adjacent to an activating group) is 1. The first-order chi connectivity index (χ1) is 38.0. The van der Waals surface area contributed by atoms with Crippen molar-refractivity contribution in [3.05, 3.63) is 146 Å². The summed E-state index contributed by atoms with van der Waals surface area (Å²) >= 11 is 0. The number of phosphoric acid groups is 1. The van der Waals surface area contributed by atoms with Crippen LogP contribution < -0.4 is 4.89 Å². The van der Waals surface area contributed by atoms with Crippen LogP contribution in [-0.2, 0) is 32.7 Å². The number of rotatable bonds is 54. The van der Waals surface area contributed by atoms with Crippen LogP contribution in [0.15, 0.2) is 146 Å². The van der Waals surface area contributed by atoms with Gasteiger partial charge in [-0.3, -0.25) is 14.2 Å². The summed E-state index contributed by atoms with van der Waals surface area (Å²) in [5.74, 6) is -0.862. The molecule has 0 amide bonds. The SMILES string of the molecule is CC/C=C\C/C=C\C/C=C\C/C=C\C/C=C\C/C=C\C/C=C\C/C=C\CCCCCCCCCCC(=O)OC(COC(=O)CCCCCCCCCC/C=C\C/C=C\C/C=C\C/C=C\CC)COP(=O)([O-])OCC[N+](C)(C)C. The molecule has 0 aliphatic heterocycles. The molecule has 2 atom stereocenters. The second-order valence-electron chi connectivity index (χ2n) is 20.9. The fourth-order valence-corrected chi connectivity index (χ4v) is 8.45. The van der Waals surface area contributed by atoms with Crippen molar-refractivity contribution in [3.8, 4) is 0 Å². The average molecular weight is 1100 g/mol. The zero-order valence-electron chi connectivity index (χ0n) is 50.1. The maximum Gasteiger partial charge on any atom is 0.306 e.